The minimum absolute atomic E-state index is 0.203. The van der Waals surface area contributed by atoms with E-state index in [9.17, 15) is 4.39 Å². The molecule has 1 saturated carbocycles. The van der Waals surface area contributed by atoms with E-state index in [1.54, 1.807) is 13.2 Å². The number of methoxy groups -OCH3 is 1. The standard InChI is InChI=1S/C31H36FNO.C7H14.C2H6/c1-19-11-10-12-29(32)31(19)24(6)23(5)25(7)33(8)18-28-17-26(13-14-30(28)34-9)27-15-20(2)22(4)21(3)16-27;1-7-5-3-2-4-6-7;1-2/h10-17H,7,18H2,1-6,8-9H3;7H,2-6H2,1H3;1-2H3/b24-23+;;. The Hall–Kier alpha value is -3.33. The average molecular weight is 586 g/mol. The summed E-state index contributed by atoms with van der Waals surface area (Å²) in [6.07, 6.45) is 7.44. The maximum Gasteiger partial charge on any atom is 0.130 e. The molecule has 1 fully saturated rings. The minimum Gasteiger partial charge on any atom is -0.496 e. The molecule has 0 heterocycles. The smallest absolute Gasteiger partial charge is 0.130 e. The highest BCUT2D eigenvalue weighted by Crippen LogP contribution is 2.32. The van der Waals surface area contributed by atoms with Gasteiger partial charge in [0, 0.05) is 30.4 Å². The molecule has 0 unspecified atom stereocenters. The van der Waals surface area contributed by atoms with Crippen LogP contribution in [-0.2, 0) is 6.54 Å². The predicted molar refractivity (Wildman–Crippen MR) is 186 cm³/mol. The van der Waals surface area contributed by atoms with Gasteiger partial charge in [-0.25, -0.2) is 4.39 Å². The third-order valence-corrected chi connectivity index (χ3v) is 8.90. The zero-order valence-corrected chi connectivity index (χ0v) is 28.9. The Morgan fingerprint density at radius 2 is 1.49 bits per heavy atom. The molecule has 0 aromatic heterocycles. The van der Waals surface area contributed by atoms with Crippen LogP contribution in [0, 0.1) is 39.4 Å². The number of aryl methyl sites for hydroxylation is 3. The molecule has 0 bridgehead atoms. The predicted octanol–water partition coefficient (Wildman–Crippen LogP) is 11.8. The first-order chi connectivity index (χ1) is 20.4. The summed E-state index contributed by atoms with van der Waals surface area (Å²) in [6.45, 7) is 23.7. The van der Waals surface area contributed by atoms with E-state index in [1.165, 1.54) is 60.4 Å². The zero-order chi connectivity index (χ0) is 32.3. The normalized spacial score (nSPS) is 13.6. The van der Waals surface area contributed by atoms with Gasteiger partial charge in [-0.05, 0) is 110 Å². The second kappa shape index (κ2) is 17.1. The molecular weight excluding hydrogens is 529 g/mol. The molecular formula is C40H56FNO. The van der Waals surface area contributed by atoms with Crippen molar-refractivity contribution in [2.45, 2.75) is 101 Å². The van der Waals surface area contributed by atoms with Crippen LogP contribution < -0.4 is 4.74 Å². The Morgan fingerprint density at radius 1 is 0.884 bits per heavy atom. The number of benzene rings is 3. The summed E-state index contributed by atoms with van der Waals surface area (Å²) in [5.74, 6) is 1.67. The summed E-state index contributed by atoms with van der Waals surface area (Å²) in [5.41, 5.74) is 11.6. The third-order valence-electron chi connectivity index (χ3n) is 8.90. The molecule has 0 radical (unpaired) electrons. The highest BCUT2D eigenvalue weighted by Gasteiger charge is 2.16. The lowest BCUT2D eigenvalue weighted by atomic mass is 9.91. The molecule has 234 valence electrons. The van der Waals surface area contributed by atoms with E-state index in [0.717, 1.165) is 45.2 Å². The van der Waals surface area contributed by atoms with Crippen LogP contribution in [-0.4, -0.2) is 19.1 Å². The average Bonchev–Trinajstić information content (AvgIpc) is 3.00. The zero-order valence-electron chi connectivity index (χ0n) is 28.9. The molecule has 0 saturated heterocycles. The van der Waals surface area contributed by atoms with E-state index >= 15 is 0 Å². The lowest BCUT2D eigenvalue weighted by Gasteiger charge is -2.25. The van der Waals surface area contributed by atoms with Crippen LogP contribution in [0.15, 0.2) is 66.4 Å². The van der Waals surface area contributed by atoms with E-state index < -0.39 is 0 Å². The first-order valence-corrected chi connectivity index (χ1v) is 16.0. The summed E-state index contributed by atoms with van der Waals surface area (Å²) < 4.78 is 20.2. The van der Waals surface area contributed by atoms with E-state index in [2.05, 4.69) is 63.4 Å². The molecule has 4 rings (SSSR count). The molecule has 2 nitrogen and oxygen atoms in total. The third kappa shape index (κ3) is 9.58. The van der Waals surface area contributed by atoms with Gasteiger partial charge in [-0.2, -0.15) is 0 Å². The van der Waals surface area contributed by atoms with Crippen LogP contribution in [0.2, 0.25) is 0 Å². The fourth-order valence-electron chi connectivity index (χ4n) is 5.74. The van der Waals surface area contributed by atoms with Gasteiger partial charge in [0.25, 0.3) is 0 Å². The summed E-state index contributed by atoms with van der Waals surface area (Å²) in [4.78, 5) is 2.10. The van der Waals surface area contributed by atoms with Gasteiger partial charge in [0.2, 0.25) is 0 Å². The van der Waals surface area contributed by atoms with Crippen LogP contribution in [0.4, 0.5) is 4.39 Å². The van der Waals surface area contributed by atoms with E-state index in [1.807, 2.05) is 53.8 Å². The van der Waals surface area contributed by atoms with E-state index in [-0.39, 0.29) is 5.82 Å². The largest absolute Gasteiger partial charge is 0.496 e. The van der Waals surface area contributed by atoms with Crippen LogP contribution in [0.1, 0.15) is 100 Å². The van der Waals surface area contributed by atoms with Crippen molar-refractivity contribution in [2.24, 2.45) is 5.92 Å². The molecule has 3 aromatic carbocycles. The molecule has 0 amide bonds. The van der Waals surface area contributed by atoms with Crippen LogP contribution in [0.3, 0.4) is 0 Å². The molecule has 43 heavy (non-hydrogen) atoms. The molecule has 1 aliphatic rings. The number of rotatable bonds is 7. The summed E-state index contributed by atoms with van der Waals surface area (Å²) >= 11 is 0. The van der Waals surface area contributed by atoms with Crippen molar-refractivity contribution in [3.8, 4) is 16.9 Å². The van der Waals surface area contributed by atoms with Gasteiger partial charge >= 0.3 is 0 Å². The fourth-order valence-corrected chi connectivity index (χ4v) is 5.74. The molecule has 0 N–H and O–H groups in total. The maximum absolute atomic E-state index is 14.6. The van der Waals surface area contributed by atoms with Crippen LogP contribution >= 0.6 is 0 Å². The second-order valence-electron chi connectivity index (χ2n) is 12.0. The monoisotopic (exact) mass is 585 g/mol. The van der Waals surface area contributed by atoms with Gasteiger partial charge < -0.3 is 9.64 Å². The number of hydrogen-bond donors (Lipinski definition) is 0. The van der Waals surface area contributed by atoms with Gasteiger partial charge in [-0.3, -0.25) is 0 Å². The first kappa shape index (κ1) is 35.9. The van der Waals surface area contributed by atoms with Crippen molar-refractivity contribution in [1.29, 1.82) is 0 Å². The molecule has 1 aliphatic carbocycles. The summed E-state index contributed by atoms with van der Waals surface area (Å²) in [7, 11) is 3.71. The highest BCUT2D eigenvalue weighted by molar-refractivity contribution is 5.72. The van der Waals surface area contributed by atoms with Crippen molar-refractivity contribution < 1.29 is 9.13 Å². The molecule has 0 spiro atoms. The number of hydrogen-bond acceptors (Lipinski definition) is 2. The number of halogens is 1. The number of allylic oxidation sites excluding steroid dienone is 2. The topological polar surface area (TPSA) is 12.5 Å². The van der Waals surface area contributed by atoms with Gasteiger partial charge in [-0.1, -0.05) is 89.8 Å². The van der Waals surface area contributed by atoms with Crippen molar-refractivity contribution in [3.05, 3.63) is 106 Å². The van der Waals surface area contributed by atoms with Crippen molar-refractivity contribution in [1.82, 2.24) is 4.90 Å². The lowest BCUT2D eigenvalue weighted by Crippen LogP contribution is -2.18. The van der Waals surface area contributed by atoms with Crippen LogP contribution in [0.25, 0.3) is 16.7 Å². The van der Waals surface area contributed by atoms with Crippen LogP contribution in [0.5, 0.6) is 5.75 Å². The Bertz CT molecular complexity index is 1350. The van der Waals surface area contributed by atoms with Crippen molar-refractivity contribution in [2.75, 3.05) is 14.2 Å². The van der Waals surface area contributed by atoms with Gasteiger partial charge in [0.15, 0.2) is 0 Å². The first-order valence-electron chi connectivity index (χ1n) is 16.0. The van der Waals surface area contributed by atoms with Gasteiger partial charge in [-0.15, -0.1) is 0 Å². The number of ether oxygens (including phenoxy) is 1. The van der Waals surface area contributed by atoms with Crippen molar-refractivity contribution >= 4 is 5.57 Å². The Balaban J connectivity index is 0.000000619. The molecule has 0 aliphatic heterocycles. The summed E-state index contributed by atoms with van der Waals surface area (Å²) in [5, 5.41) is 0. The van der Waals surface area contributed by atoms with Gasteiger partial charge in [0.1, 0.15) is 11.6 Å². The van der Waals surface area contributed by atoms with Crippen molar-refractivity contribution in [3.63, 3.8) is 0 Å². The SMILES string of the molecule is C=C(/C(C)=C(\C)c1c(C)cccc1F)N(C)Cc1cc(-c2cc(C)c(C)c(C)c2)ccc1OC.CC.CC1CCCCC1. The Kier molecular flexibility index (Phi) is 14.3. The molecule has 3 heteroatoms. The second-order valence-corrected chi connectivity index (χ2v) is 12.0. The molecule has 0 atom stereocenters. The van der Waals surface area contributed by atoms with Gasteiger partial charge in [0.05, 0.1) is 7.11 Å². The maximum atomic E-state index is 14.6. The Morgan fingerprint density at radius 3 is 2.00 bits per heavy atom. The minimum atomic E-state index is -0.203. The lowest BCUT2D eigenvalue weighted by molar-refractivity contribution is 0.381. The molecule has 3 aromatic rings. The Labute approximate surface area is 262 Å². The highest BCUT2D eigenvalue weighted by atomic mass is 19.1. The number of likely N-dealkylation sites (N-methyl/N-ethyl adjacent to an activating group) is 1. The fraction of sp³-hybridized carbons (Fsp3) is 0.450. The number of nitrogens with zero attached hydrogens (tertiary/aromatic N) is 1. The quantitative estimate of drug-likeness (QED) is 0.256. The summed E-state index contributed by atoms with van der Waals surface area (Å²) in [6, 6.07) is 16.0. The van der Waals surface area contributed by atoms with E-state index in [0.29, 0.717) is 12.1 Å². The van der Waals surface area contributed by atoms with E-state index in [4.69, 9.17) is 4.74 Å².